The summed E-state index contributed by atoms with van der Waals surface area (Å²) in [6.07, 6.45) is 0.0774. The fourth-order valence-electron chi connectivity index (χ4n) is 1.38. The van der Waals surface area contributed by atoms with Crippen LogP contribution < -0.4 is 5.73 Å². The zero-order chi connectivity index (χ0) is 10.8. The quantitative estimate of drug-likeness (QED) is 0.813. The minimum absolute atomic E-state index is 0.472. The molecule has 0 aromatic carbocycles. The third kappa shape index (κ3) is 2.29. The lowest BCUT2D eigenvalue weighted by Crippen LogP contribution is -2.05. The van der Waals surface area contributed by atoms with E-state index in [-0.39, 0.29) is 0 Å². The Bertz CT molecular complexity index is 471. The summed E-state index contributed by atoms with van der Waals surface area (Å²) in [6, 6.07) is 5.53. The third-order valence-electron chi connectivity index (χ3n) is 2.13. The van der Waals surface area contributed by atoms with E-state index in [9.17, 15) is 5.11 Å². The van der Waals surface area contributed by atoms with Gasteiger partial charge in [0.15, 0.2) is 0 Å². The van der Waals surface area contributed by atoms with Gasteiger partial charge in [0, 0.05) is 4.88 Å². The first kappa shape index (κ1) is 10.8. The number of halogens is 1. The van der Waals surface area contributed by atoms with E-state index in [0.29, 0.717) is 18.1 Å². The van der Waals surface area contributed by atoms with Crippen molar-refractivity contribution < 1.29 is 5.11 Å². The van der Waals surface area contributed by atoms with Gasteiger partial charge in [-0.2, -0.15) is 0 Å². The van der Waals surface area contributed by atoms with E-state index in [2.05, 4.69) is 4.98 Å². The van der Waals surface area contributed by atoms with Crippen LogP contribution in [-0.2, 0) is 0 Å². The monoisotopic (exact) mass is 242 g/mol. The second-order valence-electron chi connectivity index (χ2n) is 3.26. The molecule has 0 fully saturated rings. The summed E-state index contributed by atoms with van der Waals surface area (Å²) in [5.74, 6) is 0. The van der Waals surface area contributed by atoms with E-state index in [1.54, 1.807) is 6.07 Å². The fraction of sp³-hybridized carbons (Fsp3) is 0.300. The molecule has 0 aliphatic heterocycles. The Morgan fingerprint density at radius 3 is 3.07 bits per heavy atom. The molecule has 1 atom stereocenters. The summed E-state index contributed by atoms with van der Waals surface area (Å²) in [6.45, 7) is 0.476. The van der Waals surface area contributed by atoms with Crippen LogP contribution in [0.5, 0.6) is 0 Å². The number of hydrogen-bond acceptors (Lipinski definition) is 4. The largest absolute Gasteiger partial charge is 0.388 e. The highest BCUT2D eigenvalue weighted by Crippen LogP contribution is 2.30. The SMILES string of the molecule is NCC[C@@H](O)c1cc2nc(Cl)ccc2s1. The van der Waals surface area contributed by atoms with Gasteiger partial charge in [0.05, 0.1) is 16.3 Å². The first-order valence-electron chi connectivity index (χ1n) is 4.65. The van der Waals surface area contributed by atoms with E-state index < -0.39 is 6.10 Å². The minimum atomic E-state index is -0.493. The molecule has 0 bridgehead atoms. The van der Waals surface area contributed by atoms with Crippen LogP contribution in [-0.4, -0.2) is 16.6 Å². The molecule has 2 rings (SSSR count). The normalized spacial score (nSPS) is 13.3. The van der Waals surface area contributed by atoms with E-state index in [4.69, 9.17) is 17.3 Å². The summed E-state index contributed by atoms with van der Waals surface area (Å²) in [5, 5.41) is 10.2. The van der Waals surface area contributed by atoms with Gasteiger partial charge in [0.1, 0.15) is 5.15 Å². The summed E-state index contributed by atoms with van der Waals surface area (Å²) in [4.78, 5) is 5.07. The number of hydrogen-bond donors (Lipinski definition) is 2. The van der Waals surface area contributed by atoms with E-state index in [1.807, 2.05) is 12.1 Å². The van der Waals surface area contributed by atoms with Gasteiger partial charge < -0.3 is 10.8 Å². The predicted molar refractivity (Wildman–Crippen MR) is 63.3 cm³/mol. The maximum atomic E-state index is 9.76. The fourth-order valence-corrected chi connectivity index (χ4v) is 2.56. The molecule has 2 aromatic rings. The van der Waals surface area contributed by atoms with Crippen LogP contribution in [0.2, 0.25) is 5.15 Å². The molecule has 0 saturated heterocycles. The van der Waals surface area contributed by atoms with Crippen LogP contribution in [0, 0.1) is 0 Å². The first-order chi connectivity index (χ1) is 7.20. The number of fused-ring (bicyclic) bond motifs is 1. The van der Waals surface area contributed by atoms with Crippen molar-refractivity contribution in [3.05, 3.63) is 28.2 Å². The van der Waals surface area contributed by atoms with E-state index >= 15 is 0 Å². The molecule has 3 N–H and O–H groups in total. The zero-order valence-electron chi connectivity index (χ0n) is 7.98. The Kier molecular flexibility index (Phi) is 3.21. The minimum Gasteiger partial charge on any atom is -0.388 e. The molecule has 0 unspecified atom stereocenters. The lowest BCUT2D eigenvalue weighted by Gasteiger charge is -2.04. The van der Waals surface area contributed by atoms with Gasteiger partial charge in [-0.1, -0.05) is 11.6 Å². The molecule has 15 heavy (non-hydrogen) atoms. The molecule has 3 nitrogen and oxygen atoms in total. The van der Waals surface area contributed by atoms with Crippen LogP contribution in [0.4, 0.5) is 0 Å². The summed E-state index contributed by atoms with van der Waals surface area (Å²) < 4.78 is 1.03. The molecule has 80 valence electrons. The van der Waals surface area contributed by atoms with Crippen molar-refractivity contribution in [3.8, 4) is 0 Å². The molecule has 5 heteroatoms. The van der Waals surface area contributed by atoms with E-state index in [0.717, 1.165) is 15.1 Å². The average Bonchev–Trinajstić information content (AvgIpc) is 2.60. The van der Waals surface area contributed by atoms with Gasteiger partial charge in [-0.05, 0) is 31.2 Å². The maximum absolute atomic E-state index is 9.76. The number of pyridine rings is 1. The van der Waals surface area contributed by atoms with Crippen LogP contribution in [0.1, 0.15) is 17.4 Å². The van der Waals surface area contributed by atoms with E-state index in [1.165, 1.54) is 11.3 Å². The van der Waals surface area contributed by atoms with Gasteiger partial charge in [-0.15, -0.1) is 11.3 Å². The number of rotatable bonds is 3. The highest BCUT2D eigenvalue weighted by atomic mass is 35.5. The number of aromatic nitrogens is 1. The van der Waals surface area contributed by atoms with Gasteiger partial charge in [0.25, 0.3) is 0 Å². The van der Waals surface area contributed by atoms with Crippen molar-refractivity contribution in [2.45, 2.75) is 12.5 Å². The standard InChI is InChI=1S/C10H11ClN2OS/c11-10-2-1-8-6(13-10)5-9(15-8)7(14)3-4-12/h1-2,5,7,14H,3-4,12H2/t7-/m1/s1. The Balaban J connectivity index is 2.38. The van der Waals surface area contributed by atoms with Crippen LogP contribution >= 0.6 is 22.9 Å². The molecule has 0 saturated carbocycles. The highest BCUT2D eigenvalue weighted by Gasteiger charge is 2.11. The van der Waals surface area contributed by atoms with Crippen LogP contribution in [0.25, 0.3) is 10.2 Å². The lowest BCUT2D eigenvalue weighted by molar-refractivity contribution is 0.174. The number of nitrogens with two attached hydrogens (primary N) is 1. The van der Waals surface area contributed by atoms with Crippen molar-refractivity contribution in [3.63, 3.8) is 0 Å². The molecule has 2 aromatic heterocycles. The molecule has 0 aliphatic carbocycles. The molecule has 0 aliphatic rings. The lowest BCUT2D eigenvalue weighted by atomic mass is 10.2. The first-order valence-corrected chi connectivity index (χ1v) is 5.84. The van der Waals surface area contributed by atoms with Gasteiger partial charge >= 0.3 is 0 Å². The second kappa shape index (κ2) is 4.45. The highest BCUT2D eigenvalue weighted by molar-refractivity contribution is 7.19. The number of nitrogens with zero attached hydrogens (tertiary/aromatic N) is 1. The molecule has 0 amide bonds. The smallest absolute Gasteiger partial charge is 0.129 e. The summed E-state index contributed by atoms with van der Waals surface area (Å²) in [5.41, 5.74) is 6.23. The number of thiophene rings is 1. The van der Waals surface area contributed by atoms with Crippen LogP contribution in [0.15, 0.2) is 18.2 Å². The predicted octanol–water partition coefficient (Wildman–Crippen LogP) is 2.33. The maximum Gasteiger partial charge on any atom is 0.129 e. The molecule has 0 radical (unpaired) electrons. The Morgan fingerprint density at radius 2 is 2.33 bits per heavy atom. The van der Waals surface area contributed by atoms with Gasteiger partial charge in [-0.3, -0.25) is 0 Å². The summed E-state index contributed by atoms with van der Waals surface area (Å²) in [7, 11) is 0. The van der Waals surface area contributed by atoms with Crippen molar-refractivity contribution in [1.29, 1.82) is 0 Å². The third-order valence-corrected chi connectivity index (χ3v) is 3.53. The summed E-state index contributed by atoms with van der Waals surface area (Å²) >= 11 is 7.31. The zero-order valence-corrected chi connectivity index (χ0v) is 9.55. The Labute approximate surface area is 96.5 Å². The van der Waals surface area contributed by atoms with Crippen molar-refractivity contribution in [2.75, 3.05) is 6.54 Å². The van der Waals surface area contributed by atoms with Gasteiger partial charge in [0.2, 0.25) is 0 Å². The number of aliphatic hydroxyl groups is 1. The molecule has 2 heterocycles. The second-order valence-corrected chi connectivity index (χ2v) is 4.76. The van der Waals surface area contributed by atoms with Crippen molar-refractivity contribution in [1.82, 2.24) is 4.98 Å². The van der Waals surface area contributed by atoms with Crippen molar-refractivity contribution >= 4 is 33.2 Å². The molecular formula is C10H11ClN2OS. The topological polar surface area (TPSA) is 59.1 Å². The number of aliphatic hydroxyl groups excluding tert-OH is 1. The van der Waals surface area contributed by atoms with Crippen molar-refractivity contribution in [2.24, 2.45) is 5.73 Å². The molecule has 0 spiro atoms. The van der Waals surface area contributed by atoms with Gasteiger partial charge in [-0.25, -0.2) is 4.98 Å². The molecular weight excluding hydrogens is 232 g/mol. The Hall–Kier alpha value is -0.680. The average molecular weight is 243 g/mol. The Morgan fingerprint density at radius 1 is 1.53 bits per heavy atom. The van der Waals surface area contributed by atoms with Crippen LogP contribution in [0.3, 0.4) is 0 Å².